The van der Waals surface area contributed by atoms with Gasteiger partial charge in [0.05, 0.1) is 0 Å². The van der Waals surface area contributed by atoms with Crippen LogP contribution in [0.1, 0.15) is 27.3 Å². The second kappa shape index (κ2) is 7.97. The molecule has 3 aromatic rings. The fraction of sp³-hybridized carbons (Fsp3) is 0.100. The number of carbonyl (C=O) groups is 1. The molecule has 0 atom stereocenters. The van der Waals surface area contributed by atoms with E-state index in [1.165, 1.54) is 12.1 Å². The van der Waals surface area contributed by atoms with Gasteiger partial charge < -0.3 is 9.84 Å². The van der Waals surface area contributed by atoms with Crippen molar-refractivity contribution in [3.63, 3.8) is 0 Å². The number of benzene rings is 2. The van der Waals surface area contributed by atoms with Crippen LogP contribution < -0.4 is 4.74 Å². The van der Waals surface area contributed by atoms with Crippen molar-refractivity contribution in [1.29, 1.82) is 0 Å². The van der Waals surface area contributed by atoms with Crippen LogP contribution in [0.2, 0.25) is 5.02 Å². The Balaban J connectivity index is 1.83. The number of ether oxygens (including phenoxy) is 1. The third-order valence-corrected chi connectivity index (χ3v) is 4.00. The summed E-state index contributed by atoms with van der Waals surface area (Å²) in [4.78, 5) is 15.2. The fourth-order valence-electron chi connectivity index (χ4n) is 2.49. The van der Waals surface area contributed by atoms with Crippen molar-refractivity contribution in [1.82, 2.24) is 4.98 Å². The number of carboxylic acid groups (broad SMARTS) is 1. The van der Waals surface area contributed by atoms with Gasteiger partial charge in [0.15, 0.2) is 0 Å². The molecule has 1 aromatic heterocycles. The van der Waals surface area contributed by atoms with Crippen molar-refractivity contribution in [2.75, 3.05) is 0 Å². The van der Waals surface area contributed by atoms with Crippen molar-refractivity contribution in [3.8, 4) is 5.75 Å². The Hall–Kier alpha value is -2.92. The van der Waals surface area contributed by atoms with Crippen molar-refractivity contribution in [3.05, 3.63) is 94.0 Å². The van der Waals surface area contributed by atoms with Crippen molar-refractivity contribution in [2.24, 2.45) is 0 Å². The summed E-state index contributed by atoms with van der Waals surface area (Å²) >= 11 is 6.08. The van der Waals surface area contributed by atoms with Crippen molar-refractivity contribution < 1.29 is 19.0 Å². The Bertz CT molecular complexity index is 946. The van der Waals surface area contributed by atoms with E-state index in [-0.39, 0.29) is 18.1 Å². The highest BCUT2D eigenvalue weighted by Gasteiger charge is 2.11. The molecule has 0 aliphatic rings. The quantitative estimate of drug-likeness (QED) is 0.679. The van der Waals surface area contributed by atoms with Gasteiger partial charge >= 0.3 is 5.97 Å². The SMILES string of the molecule is O=C(O)c1cccc(Cc2cc(Cl)ccc2OCc2ccccc2F)n1. The van der Waals surface area contributed by atoms with Crippen LogP contribution in [0.3, 0.4) is 0 Å². The van der Waals surface area contributed by atoms with Gasteiger partial charge in [-0.1, -0.05) is 35.9 Å². The molecule has 4 nitrogen and oxygen atoms in total. The van der Waals surface area contributed by atoms with E-state index in [2.05, 4.69) is 4.98 Å². The molecule has 0 aliphatic heterocycles. The molecule has 0 amide bonds. The Labute approximate surface area is 154 Å². The molecular weight excluding hydrogens is 357 g/mol. The summed E-state index contributed by atoms with van der Waals surface area (Å²) in [6, 6.07) is 16.3. The van der Waals surface area contributed by atoms with E-state index >= 15 is 0 Å². The predicted octanol–water partition coefficient (Wildman–Crippen LogP) is 4.74. The normalized spacial score (nSPS) is 10.5. The minimum atomic E-state index is -1.09. The summed E-state index contributed by atoms with van der Waals surface area (Å²) in [6.07, 6.45) is 0.342. The Kier molecular flexibility index (Phi) is 5.49. The number of hydrogen-bond acceptors (Lipinski definition) is 3. The molecular formula is C20H15ClFNO3. The standard InChI is InChI=1S/C20H15ClFNO3/c21-15-8-9-19(26-12-13-4-1-2-6-17(13)22)14(10-15)11-16-5-3-7-18(23-16)20(24)25/h1-10H,11-12H2,(H,24,25). The number of aromatic carboxylic acids is 1. The molecule has 0 unspecified atom stereocenters. The molecule has 2 aromatic carbocycles. The van der Waals surface area contributed by atoms with Gasteiger partial charge in [-0.25, -0.2) is 14.2 Å². The van der Waals surface area contributed by atoms with E-state index in [0.29, 0.717) is 28.5 Å². The molecule has 0 bridgehead atoms. The second-order valence-electron chi connectivity index (χ2n) is 5.63. The molecule has 6 heteroatoms. The number of hydrogen-bond donors (Lipinski definition) is 1. The lowest BCUT2D eigenvalue weighted by Crippen LogP contribution is -2.04. The van der Waals surface area contributed by atoms with Crippen LogP contribution in [0.25, 0.3) is 0 Å². The van der Waals surface area contributed by atoms with E-state index in [4.69, 9.17) is 21.4 Å². The van der Waals surface area contributed by atoms with Crippen LogP contribution >= 0.6 is 11.6 Å². The lowest BCUT2D eigenvalue weighted by atomic mass is 10.1. The first-order chi connectivity index (χ1) is 12.5. The van der Waals surface area contributed by atoms with Gasteiger partial charge in [0.1, 0.15) is 23.9 Å². The summed E-state index contributed by atoms with van der Waals surface area (Å²) in [5.41, 5.74) is 1.73. The first-order valence-electron chi connectivity index (χ1n) is 7.87. The summed E-state index contributed by atoms with van der Waals surface area (Å²) in [5, 5.41) is 9.59. The van der Waals surface area contributed by atoms with Gasteiger partial charge in [-0.2, -0.15) is 0 Å². The maximum atomic E-state index is 13.8. The van der Waals surface area contributed by atoms with E-state index in [9.17, 15) is 9.18 Å². The van der Waals surface area contributed by atoms with Gasteiger partial charge in [0.2, 0.25) is 0 Å². The molecule has 0 radical (unpaired) electrons. The van der Waals surface area contributed by atoms with Crippen molar-refractivity contribution in [2.45, 2.75) is 13.0 Å². The first-order valence-corrected chi connectivity index (χ1v) is 8.24. The zero-order chi connectivity index (χ0) is 18.5. The highest BCUT2D eigenvalue weighted by Crippen LogP contribution is 2.26. The van der Waals surface area contributed by atoms with E-state index in [0.717, 1.165) is 5.56 Å². The van der Waals surface area contributed by atoms with Gasteiger partial charge in [-0.05, 0) is 36.4 Å². The molecule has 1 heterocycles. The Morgan fingerprint density at radius 3 is 2.65 bits per heavy atom. The van der Waals surface area contributed by atoms with Crippen LogP contribution in [0.4, 0.5) is 4.39 Å². The zero-order valence-corrected chi connectivity index (χ0v) is 14.4. The lowest BCUT2D eigenvalue weighted by molar-refractivity contribution is 0.0690. The molecule has 3 rings (SSSR count). The van der Waals surface area contributed by atoms with Crippen LogP contribution in [0.5, 0.6) is 5.75 Å². The smallest absolute Gasteiger partial charge is 0.354 e. The average Bonchev–Trinajstić information content (AvgIpc) is 2.62. The topological polar surface area (TPSA) is 59.4 Å². The summed E-state index contributed by atoms with van der Waals surface area (Å²) in [7, 11) is 0. The maximum absolute atomic E-state index is 13.8. The van der Waals surface area contributed by atoms with Gasteiger partial charge in [0.25, 0.3) is 0 Å². The molecule has 0 saturated heterocycles. The van der Waals surface area contributed by atoms with Crippen LogP contribution in [-0.2, 0) is 13.0 Å². The van der Waals surface area contributed by atoms with Crippen LogP contribution in [-0.4, -0.2) is 16.1 Å². The lowest BCUT2D eigenvalue weighted by Gasteiger charge is -2.12. The molecule has 26 heavy (non-hydrogen) atoms. The third-order valence-electron chi connectivity index (χ3n) is 3.76. The van der Waals surface area contributed by atoms with Crippen LogP contribution in [0, 0.1) is 5.82 Å². The summed E-state index contributed by atoms with van der Waals surface area (Å²) in [6.45, 7) is 0.0733. The van der Waals surface area contributed by atoms with Crippen LogP contribution in [0.15, 0.2) is 60.7 Å². The van der Waals surface area contributed by atoms with E-state index in [1.54, 1.807) is 48.5 Å². The third kappa shape index (κ3) is 4.37. The molecule has 0 fully saturated rings. The molecule has 1 N–H and O–H groups in total. The highest BCUT2D eigenvalue weighted by molar-refractivity contribution is 6.30. The van der Waals surface area contributed by atoms with Gasteiger partial charge in [0, 0.05) is 28.3 Å². The Morgan fingerprint density at radius 2 is 1.88 bits per heavy atom. The summed E-state index contributed by atoms with van der Waals surface area (Å²) < 4.78 is 19.5. The Morgan fingerprint density at radius 1 is 1.08 bits per heavy atom. The number of nitrogens with zero attached hydrogens (tertiary/aromatic N) is 1. The first kappa shape index (κ1) is 17.9. The number of halogens is 2. The molecule has 0 spiro atoms. The zero-order valence-electron chi connectivity index (χ0n) is 13.7. The average molecular weight is 372 g/mol. The number of aromatic nitrogens is 1. The predicted molar refractivity (Wildman–Crippen MR) is 96.2 cm³/mol. The largest absolute Gasteiger partial charge is 0.489 e. The number of pyridine rings is 1. The molecule has 0 saturated carbocycles. The van der Waals surface area contributed by atoms with Gasteiger partial charge in [-0.3, -0.25) is 0 Å². The fourth-order valence-corrected chi connectivity index (χ4v) is 2.68. The minimum Gasteiger partial charge on any atom is -0.489 e. The monoisotopic (exact) mass is 371 g/mol. The molecule has 0 aliphatic carbocycles. The van der Waals surface area contributed by atoms with Crippen molar-refractivity contribution >= 4 is 17.6 Å². The summed E-state index contributed by atoms with van der Waals surface area (Å²) in [5.74, 6) is -0.881. The molecule has 132 valence electrons. The highest BCUT2D eigenvalue weighted by atomic mass is 35.5. The van der Waals surface area contributed by atoms with E-state index < -0.39 is 5.97 Å². The maximum Gasteiger partial charge on any atom is 0.354 e. The minimum absolute atomic E-state index is 0.0293. The number of rotatable bonds is 6. The van der Waals surface area contributed by atoms with E-state index in [1.807, 2.05) is 0 Å². The second-order valence-corrected chi connectivity index (χ2v) is 6.06. The van der Waals surface area contributed by atoms with Gasteiger partial charge in [-0.15, -0.1) is 0 Å². The number of carboxylic acids is 1.